The first-order valence-electron chi connectivity index (χ1n) is 2.81. The lowest BCUT2D eigenvalue weighted by molar-refractivity contribution is 0.0684. The van der Waals surface area contributed by atoms with Gasteiger partial charge in [0.1, 0.15) is 0 Å². The molecule has 0 fully saturated rings. The van der Waals surface area contributed by atoms with E-state index >= 15 is 0 Å². The fourth-order valence-electron chi connectivity index (χ4n) is 0.658. The molecule has 0 saturated carbocycles. The SMILES string of the molecule is Cc1c(C(=O)O)noc1C=O. The topological polar surface area (TPSA) is 80.4 Å². The lowest BCUT2D eigenvalue weighted by atomic mass is 10.2. The summed E-state index contributed by atoms with van der Waals surface area (Å²) in [4.78, 5) is 20.4. The van der Waals surface area contributed by atoms with Gasteiger partial charge in [-0.2, -0.15) is 0 Å². The summed E-state index contributed by atoms with van der Waals surface area (Å²) in [5.41, 5.74) is 0.0413. The van der Waals surface area contributed by atoms with Gasteiger partial charge in [-0.05, 0) is 6.92 Å². The van der Waals surface area contributed by atoms with Crippen molar-refractivity contribution in [3.63, 3.8) is 0 Å². The summed E-state index contributed by atoms with van der Waals surface area (Å²) in [5.74, 6) is -1.23. The van der Waals surface area contributed by atoms with Crippen molar-refractivity contribution in [3.8, 4) is 0 Å². The molecule has 0 amide bonds. The molecule has 5 heteroatoms. The Hall–Kier alpha value is -1.65. The zero-order chi connectivity index (χ0) is 8.43. The van der Waals surface area contributed by atoms with Crippen molar-refractivity contribution in [2.45, 2.75) is 6.92 Å². The molecule has 0 aliphatic rings. The number of carbonyl (C=O) groups excluding carboxylic acids is 1. The normalized spacial score (nSPS) is 9.55. The Morgan fingerprint density at radius 1 is 1.73 bits per heavy atom. The maximum atomic E-state index is 10.3. The van der Waals surface area contributed by atoms with Gasteiger partial charge in [-0.3, -0.25) is 4.79 Å². The van der Waals surface area contributed by atoms with Crippen LogP contribution in [0.4, 0.5) is 0 Å². The van der Waals surface area contributed by atoms with E-state index in [0.29, 0.717) is 6.29 Å². The molecule has 0 saturated heterocycles. The lowest BCUT2D eigenvalue weighted by Gasteiger charge is -1.84. The van der Waals surface area contributed by atoms with E-state index in [4.69, 9.17) is 5.11 Å². The van der Waals surface area contributed by atoms with Crippen LogP contribution in [0.3, 0.4) is 0 Å². The first kappa shape index (κ1) is 7.46. The van der Waals surface area contributed by atoms with Gasteiger partial charge in [0.05, 0.1) is 0 Å². The highest BCUT2D eigenvalue weighted by atomic mass is 16.5. The van der Waals surface area contributed by atoms with Gasteiger partial charge in [0.25, 0.3) is 0 Å². The van der Waals surface area contributed by atoms with Crippen molar-refractivity contribution in [1.29, 1.82) is 0 Å². The molecule has 0 aromatic carbocycles. The zero-order valence-corrected chi connectivity index (χ0v) is 5.70. The molecule has 0 aliphatic carbocycles. The van der Waals surface area contributed by atoms with E-state index in [1.165, 1.54) is 6.92 Å². The zero-order valence-electron chi connectivity index (χ0n) is 5.70. The Morgan fingerprint density at radius 2 is 2.36 bits per heavy atom. The summed E-state index contributed by atoms with van der Waals surface area (Å²) in [6, 6.07) is 0. The van der Waals surface area contributed by atoms with Crippen LogP contribution in [-0.4, -0.2) is 22.5 Å². The van der Waals surface area contributed by atoms with E-state index in [1.807, 2.05) is 0 Å². The average Bonchev–Trinajstić information content (AvgIpc) is 2.30. The van der Waals surface area contributed by atoms with Crippen LogP contribution in [0.5, 0.6) is 0 Å². The molecule has 1 aromatic rings. The average molecular weight is 155 g/mol. The number of carboxylic acid groups (broad SMARTS) is 1. The minimum Gasteiger partial charge on any atom is -0.476 e. The first-order chi connectivity index (χ1) is 5.16. The van der Waals surface area contributed by atoms with Crippen LogP contribution in [0, 0.1) is 6.92 Å². The lowest BCUT2D eigenvalue weighted by Crippen LogP contribution is -1.98. The summed E-state index contributed by atoms with van der Waals surface area (Å²) in [6.07, 6.45) is 0.425. The highest BCUT2D eigenvalue weighted by Crippen LogP contribution is 2.09. The number of hydrogen-bond acceptors (Lipinski definition) is 4. The summed E-state index contributed by atoms with van der Waals surface area (Å²) < 4.78 is 4.41. The first-order valence-corrected chi connectivity index (χ1v) is 2.81. The van der Waals surface area contributed by atoms with Crippen molar-refractivity contribution in [3.05, 3.63) is 17.0 Å². The maximum absolute atomic E-state index is 10.3. The van der Waals surface area contributed by atoms with Crippen LogP contribution in [0.25, 0.3) is 0 Å². The molecule has 1 rings (SSSR count). The molecule has 0 spiro atoms. The third-order valence-corrected chi connectivity index (χ3v) is 1.27. The van der Waals surface area contributed by atoms with E-state index in [0.717, 1.165) is 0 Å². The van der Waals surface area contributed by atoms with Gasteiger partial charge in [-0.15, -0.1) is 0 Å². The van der Waals surface area contributed by atoms with E-state index in [2.05, 4.69) is 9.68 Å². The number of aldehydes is 1. The molecule has 0 aliphatic heterocycles. The molecule has 1 N–H and O–H groups in total. The van der Waals surface area contributed by atoms with E-state index < -0.39 is 5.97 Å². The Balaban J connectivity index is 3.20. The highest BCUT2D eigenvalue weighted by Gasteiger charge is 2.16. The number of aromatic carboxylic acids is 1. The standard InChI is InChI=1S/C6H5NO4/c1-3-4(2-8)11-7-5(3)6(9)10/h2H,1H3,(H,9,10). The van der Waals surface area contributed by atoms with E-state index in [1.54, 1.807) is 0 Å². The van der Waals surface area contributed by atoms with Gasteiger partial charge in [-0.1, -0.05) is 5.16 Å². The molecule has 0 atom stereocenters. The smallest absolute Gasteiger partial charge is 0.358 e. The van der Waals surface area contributed by atoms with Crippen LogP contribution in [0.1, 0.15) is 26.6 Å². The van der Waals surface area contributed by atoms with Crippen LogP contribution < -0.4 is 0 Å². The quantitative estimate of drug-likeness (QED) is 0.628. The number of nitrogens with zero attached hydrogens (tertiary/aromatic N) is 1. The largest absolute Gasteiger partial charge is 0.476 e. The minimum absolute atomic E-state index is 0.0394. The molecular weight excluding hydrogens is 150 g/mol. The Kier molecular flexibility index (Phi) is 1.72. The molecule has 0 radical (unpaired) electrons. The van der Waals surface area contributed by atoms with Crippen molar-refractivity contribution in [1.82, 2.24) is 5.16 Å². The Morgan fingerprint density at radius 3 is 2.64 bits per heavy atom. The van der Waals surface area contributed by atoms with Crippen molar-refractivity contribution in [2.24, 2.45) is 0 Å². The molecule has 0 unspecified atom stereocenters. The predicted octanol–water partition coefficient (Wildman–Crippen LogP) is 0.494. The molecular formula is C6H5NO4. The number of rotatable bonds is 2. The Bertz CT molecular complexity index is 302. The third-order valence-electron chi connectivity index (χ3n) is 1.27. The molecule has 5 nitrogen and oxygen atoms in total. The van der Waals surface area contributed by atoms with E-state index in [9.17, 15) is 9.59 Å². The summed E-state index contributed by atoms with van der Waals surface area (Å²) in [5, 5.41) is 11.6. The molecule has 58 valence electrons. The van der Waals surface area contributed by atoms with Crippen molar-refractivity contribution >= 4 is 12.3 Å². The summed E-state index contributed by atoms with van der Waals surface area (Å²) in [7, 11) is 0. The molecule has 1 heterocycles. The summed E-state index contributed by atoms with van der Waals surface area (Å²) >= 11 is 0. The van der Waals surface area contributed by atoms with E-state index in [-0.39, 0.29) is 17.0 Å². The number of aromatic nitrogens is 1. The molecule has 0 bridgehead atoms. The van der Waals surface area contributed by atoms with Crippen LogP contribution >= 0.6 is 0 Å². The minimum atomic E-state index is -1.20. The van der Waals surface area contributed by atoms with Crippen LogP contribution in [-0.2, 0) is 0 Å². The maximum Gasteiger partial charge on any atom is 0.358 e. The number of carboxylic acids is 1. The predicted molar refractivity (Wildman–Crippen MR) is 33.6 cm³/mol. The summed E-state index contributed by atoms with van der Waals surface area (Å²) in [6.45, 7) is 1.46. The second kappa shape index (κ2) is 2.53. The van der Waals surface area contributed by atoms with Gasteiger partial charge in [0.2, 0.25) is 5.76 Å². The van der Waals surface area contributed by atoms with Crippen molar-refractivity contribution < 1.29 is 19.2 Å². The van der Waals surface area contributed by atoms with Gasteiger partial charge in [-0.25, -0.2) is 4.79 Å². The second-order valence-corrected chi connectivity index (χ2v) is 1.94. The number of carbonyl (C=O) groups is 2. The monoisotopic (exact) mass is 155 g/mol. The van der Waals surface area contributed by atoms with Crippen LogP contribution in [0.15, 0.2) is 4.52 Å². The fourth-order valence-corrected chi connectivity index (χ4v) is 0.658. The Labute approximate surface area is 61.6 Å². The molecule has 1 aromatic heterocycles. The number of hydrogen-bond donors (Lipinski definition) is 1. The van der Waals surface area contributed by atoms with Crippen LogP contribution in [0.2, 0.25) is 0 Å². The second-order valence-electron chi connectivity index (χ2n) is 1.94. The fraction of sp³-hybridized carbons (Fsp3) is 0.167. The third kappa shape index (κ3) is 1.12. The van der Waals surface area contributed by atoms with Gasteiger partial charge in [0.15, 0.2) is 12.0 Å². The van der Waals surface area contributed by atoms with Gasteiger partial charge in [0, 0.05) is 5.56 Å². The van der Waals surface area contributed by atoms with Crippen molar-refractivity contribution in [2.75, 3.05) is 0 Å². The highest BCUT2D eigenvalue weighted by molar-refractivity contribution is 5.89. The molecule has 11 heavy (non-hydrogen) atoms. The van der Waals surface area contributed by atoms with Gasteiger partial charge >= 0.3 is 5.97 Å². The van der Waals surface area contributed by atoms with Gasteiger partial charge < -0.3 is 9.63 Å².